The van der Waals surface area contributed by atoms with E-state index < -0.39 is 71.3 Å². The Bertz CT molecular complexity index is 8850. The Morgan fingerprint density at radius 1 is 0.236 bits per heavy atom. The summed E-state index contributed by atoms with van der Waals surface area (Å²) >= 11 is 0. The van der Waals surface area contributed by atoms with E-state index in [0.29, 0.717) is 33.9 Å². The molecule has 127 heavy (non-hydrogen) atoms. The Morgan fingerprint density at radius 3 is 1.02 bits per heavy atom. The zero-order chi connectivity index (χ0) is 97.9. The first-order valence-corrected chi connectivity index (χ1v) is 43.7. The van der Waals surface area contributed by atoms with E-state index in [-0.39, 0.29) is 91.0 Å². The lowest BCUT2D eigenvalue weighted by Crippen LogP contribution is -2.61. The molecule has 2 aliphatic heterocycles. The van der Waals surface area contributed by atoms with E-state index in [4.69, 9.17) is 0 Å². The molecule has 0 amide bonds. The Kier molecular flexibility index (Phi) is 14.8. The highest BCUT2D eigenvalue weighted by atomic mass is 15.2. The molecule has 23 rings (SSSR count). The zero-order valence-corrected chi connectivity index (χ0v) is 72.0. The van der Waals surface area contributed by atoms with Crippen LogP contribution in [0.2, 0.25) is 0 Å². The maximum atomic E-state index is 10.7. The predicted octanol–water partition coefficient (Wildman–Crippen LogP) is 31.5. The fraction of sp³-hybridized carbons (Fsp3) is 0.0984. The lowest BCUT2D eigenvalue weighted by Gasteiger charge is -2.47. The van der Waals surface area contributed by atoms with Crippen LogP contribution in [0.4, 0.5) is 34.1 Å². The summed E-state index contributed by atoms with van der Waals surface area (Å²) in [5.41, 5.74) is 21.0. The van der Waals surface area contributed by atoms with Crippen molar-refractivity contribution < 1.29 is 19.2 Å². The highest BCUT2D eigenvalue weighted by Gasteiger charge is 2.47. The quantitative estimate of drug-likeness (QED) is 0.0895. The van der Waals surface area contributed by atoms with Gasteiger partial charge in [0.25, 0.3) is 6.71 Å². The van der Waals surface area contributed by atoms with Gasteiger partial charge in [-0.25, -0.2) is 0 Å². The second-order valence-electron chi connectivity index (χ2n) is 36.9. The van der Waals surface area contributed by atoms with Gasteiger partial charge in [-0.05, 0) is 253 Å². The molecule has 606 valence electrons. The van der Waals surface area contributed by atoms with Crippen LogP contribution in [-0.2, 0) is 16.2 Å². The molecular formula is C122H95BN4. The van der Waals surface area contributed by atoms with Gasteiger partial charge in [-0.2, -0.15) is 0 Å². The summed E-state index contributed by atoms with van der Waals surface area (Å²) in [6, 6.07) is 107. The van der Waals surface area contributed by atoms with Gasteiger partial charge in [-0.15, -0.1) is 0 Å². The number of rotatable bonds is 12. The molecule has 4 heterocycles. The van der Waals surface area contributed by atoms with Crippen molar-refractivity contribution in [3.05, 3.63) is 429 Å². The molecule has 0 spiro atoms. The van der Waals surface area contributed by atoms with Crippen LogP contribution in [0.15, 0.2) is 412 Å². The van der Waals surface area contributed by atoms with Crippen molar-refractivity contribution >= 4 is 122 Å². The second kappa shape index (κ2) is 29.9. The molecule has 0 fully saturated rings. The monoisotopic (exact) mass is 1640 g/mol. The molecule has 0 aliphatic carbocycles. The SMILES string of the molecule is [2H]c1c([2H])c([2H])c2c(c1[2H])c1c([2H])c(-c3cccc(-c4ccccc4)c3)c([2H])c([2H])c1n2-c1ccc2c(c1)N(c1c(-c3ccccc3)cc(C(C)(C)C)cc1-c1ccccc1)c1cc(C(C)(C)C)cc3c1B2c1ccc(-n2c4c([2H])c([2H])c([2H])c([2H])c4c4c([2H])c(-c5cccc(-c6ccccc6)c5)c([2H])c([2H])c42)cc1N3c1c(-c2ccccc2)cc(C(C)(C)C)cc1-c1ccc2c(ccc3ccccc32)c1. The van der Waals surface area contributed by atoms with Crippen LogP contribution in [0, 0.1) is 0 Å². The average molecular weight is 1640 g/mol. The van der Waals surface area contributed by atoms with E-state index in [1.165, 1.54) is 0 Å². The number of hydrogen-bond donors (Lipinski definition) is 0. The van der Waals surface area contributed by atoms with Gasteiger partial charge in [0.2, 0.25) is 0 Å². The van der Waals surface area contributed by atoms with Gasteiger partial charge in [-0.3, -0.25) is 0 Å². The van der Waals surface area contributed by atoms with Gasteiger partial charge in [0, 0.05) is 77.9 Å². The lowest BCUT2D eigenvalue weighted by atomic mass is 9.33. The molecule has 21 aromatic rings. The third-order valence-corrected chi connectivity index (χ3v) is 26.0. The summed E-state index contributed by atoms with van der Waals surface area (Å²) < 4.78 is 146. The fourth-order valence-corrected chi connectivity index (χ4v) is 19.5. The van der Waals surface area contributed by atoms with Crippen molar-refractivity contribution in [2.45, 2.75) is 78.6 Å². The maximum Gasteiger partial charge on any atom is 0.252 e. The van der Waals surface area contributed by atoms with E-state index >= 15 is 0 Å². The normalized spacial score (nSPS) is 14.3. The van der Waals surface area contributed by atoms with Crippen LogP contribution in [0.1, 0.15) is 98.2 Å². The summed E-state index contributed by atoms with van der Waals surface area (Å²) in [5.74, 6) is 0. The van der Waals surface area contributed by atoms with Crippen LogP contribution in [0.3, 0.4) is 0 Å². The van der Waals surface area contributed by atoms with Crippen molar-refractivity contribution in [2.24, 2.45) is 0 Å². The van der Waals surface area contributed by atoms with Crippen molar-refractivity contribution in [3.63, 3.8) is 0 Å². The number of benzene rings is 19. The molecule has 0 radical (unpaired) electrons. The lowest BCUT2D eigenvalue weighted by molar-refractivity contribution is 0.590. The van der Waals surface area contributed by atoms with Crippen molar-refractivity contribution in [1.29, 1.82) is 0 Å². The van der Waals surface area contributed by atoms with Crippen LogP contribution < -0.4 is 26.2 Å². The van der Waals surface area contributed by atoms with Crippen LogP contribution in [0.25, 0.3) is 166 Å². The Hall–Kier alpha value is -15.0. The topological polar surface area (TPSA) is 16.3 Å². The molecule has 19 aromatic carbocycles. The largest absolute Gasteiger partial charge is 0.310 e. The van der Waals surface area contributed by atoms with Crippen LogP contribution in [0.5, 0.6) is 0 Å². The predicted molar refractivity (Wildman–Crippen MR) is 544 cm³/mol. The molecular weight excluding hydrogens is 1530 g/mol. The van der Waals surface area contributed by atoms with Gasteiger partial charge in [-0.1, -0.05) is 359 Å². The average Bonchev–Trinajstić information content (AvgIpc) is 1.56. The standard InChI is InChI=1S/C122H95BN4/c1-120(2,3)92-70-101(80-37-19-12-20-38-80)118(102(71-92)81-39-21-13-22-40-81)126-113-76-95(124-109-51-29-27-49-99(109)105-68-88(56-63-111(105)124)86-46-31-44-84(65-86)78-33-15-10-16-34-78)58-61-107(113)123-108-62-59-96(125-110-52-30-28-50-100(110)106-69-89(57-64-112(106)125)87-47-32-45-85(66-87)79-35-17-11-18-36-79)77-114(108)127(116-75-94(122(7,8)9)74-115(126)117(116)123)119-103(82-41-23-14-24-42-82)72-93(121(4,5)6)73-104(119)91-55-60-98-90(67-91)54-53-83-43-25-26-48-97(83)98/h10-77H,1-9H3/i27D,28D,29D,30D,49D,50D,51D,52D,56D,57D,63D,64D,68D,69D. The smallest absolute Gasteiger partial charge is 0.252 e. The molecule has 4 nitrogen and oxygen atoms in total. The fourth-order valence-electron chi connectivity index (χ4n) is 19.5. The first kappa shape index (κ1) is 63.0. The van der Waals surface area contributed by atoms with E-state index in [1.54, 1.807) is 9.13 Å². The third-order valence-electron chi connectivity index (χ3n) is 26.0. The number of para-hydroxylation sites is 2. The molecule has 5 heteroatoms. The molecule has 2 aliphatic rings. The highest BCUT2D eigenvalue weighted by Crippen LogP contribution is 2.57. The Morgan fingerprint density at radius 2 is 0.591 bits per heavy atom. The summed E-state index contributed by atoms with van der Waals surface area (Å²) in [4.78, 5) is 4.83. The van der Waals surface area contributed by atoms with Gasteiger partial charge in [0.05, 0.1) is 52.6 Å². The Balaban J connectivity index is 0.896. The molecule has 0 bridgehead atoms. The Labute approximate surface area is 764 Å². The third kappa shape index (κ3) is 13.0. The summed E-state index contributed by atoms with van der Waals surface area (Å²) in [6.45, 7) is 19.3. The van der Waals surface area contributed by atoms with E-state index in [0.717, 1.165) is 144 Å². The number of fused-ring (bicyclic) bond motifs is 13. The number of nitrogens with zero attached hydrogens (tertiary/aromatic N) is 4. The number of hydrogen-bond acceptors (Lipinski definition) is 2. The summed E-state index contributed by atoms with van der Waals surface area (Å²) in [5, 5.41) is 4.51. The molecule has 0 N–H and O–H groups in total. The zero-order valence-electron chi connectivity index (χ0n) is 86.0. The first-order valence-electron chi connectivity index (χ1n) is 50.7. The first-order chi connectivity index (χ1) is 67.7. The summed E-state index contributed by atoms with van der Waals surface area (Å²) in [6.07, 6.45) is 0. The highest BCUT2D eigenvalue weighted by molar-refractivity contribution is 7.00. The maximum absolute atomic E-state index is 10.7. The van der Waals surface area contributed by atoms with E-state index in [2.05, 4.69) is 260 Å². The second-order valence-corrected chi connectivity index (χ2v) is 36.9. The molecule has 0 saturated carbocycles. The minimum Gasteiger partial charge on any atom is -0.310 e. The van der Waals surface area contributed by atoms with E-state index in [9.17, 15) is 19.2 Å². The molecule has 0 atom stereocenters. The van der Waals surface area contributed by atoms with Crippen LogP contribution in [-0.4, -0.2) is 15.8 Å². The van der Waals surface area contributed by atoms with Gasteiger partial charge in [0.1, 0.15) is 0 Å². The number of anilines is 6. The van der Waals surface area contributed by atoms with E-state index in [1.807, 2.05) is 140 Å². The van der Waals surface area contributed by atoms with Gasteiger partial charge < -0.3 is 18.9 Å². The van der Waals surface area contributed by atoms with Crippen molar-refractivity contribution in [2.75, 3.05) is 9.80 Å². The van der Waals surface area contributed by atoms with Crippen LogP contribution >= 0.6 is 0 Å². The van der Waals surface area contributed by atoms with Gasteiger partial charge >= 0.3 is 0 Å². The molecule has 2 aromatic heterocycles. The van der Waals surface area contributed by atoms with Crippen molar-refractivity contribution in [1.82, 2.24) is 9.13 Å². The minimum absolute atomic E-state index is 0.0119. The van der Waals surface area contributed by atoms with Crippen molar-refractivity contribution in [3.8, 4) is 100 Å². The summed E-state index contributed by atoms with van der Waals surface area (Å²) in [7, 11) is 0. The number of aromatic nitrogens is 2. The van der Waals surface area contributed by atoms with Gasteiger partial charge in [0.15, 0.2) is 0 Å². The molecule has 0 saturated heterocycles. The molecule has 0 unspecified atom stereocenters. The minimum atomic E-state index is -0.780.